The fraction of sp³-hybridized carbons (Fsp3) is 0.333. The summed E-state index contributed by atoms with van der Waals surface area (Å²) in [6, 6.07) is 11.4. The highest BCUT2D eigenvalue weighted by Gasteiger charge is 2.23. The van der Waals surface area contributed by atoms with Gasteiger partial charge < -0.3 is 5.11 Å². The van der Waals surface area contributed by atoms with Crippen molar-refractivity contribution < 1.29 is 9.90 Å². The number of rotatable bonds is 6. The maximum Gasteiger partial charge on any atom is 0.312 e. The fourth-order valence-electron chi connectivity index (χ4n) is 2.17. The lowest BCUT2D eigenvalue weighted by molar-refractivity contribution is -0.139. The average molecular weight is 258 g/mol. The van der Waals surface area contributed by atoms with Crippen molar-refractivity contribution in [1.82, 2.24) is 9.78 Å². The van der Waals surface area contributed by atoms with Crippen LogP contribution in [0.25, 0.3) is 5.69 Å². The van der Waals surface area contributed by atoms with Crippen LogP contribution in [0.2, 0.25) is 0 Å². The summed E-state index contributed by atoms with van der Waals surface area (Å²) in [7, 11) is 0. The van der Waals surface area contributed by atoms with Crippen LogP contribution >= 0.6 is 0 Å². The van der Waals surface area contributed by atoms with Gasteiger partial charge in [-0.15, -0.1) is 0 Å². The zero-order chi connectivity index (χ0) is 13.7. The summed E-state index contributed by atoms with van der Waals surface area (Å²) < 4.78 is 1.72. The molecule has 19 heavy (non-hydrogen) atoms. The van der Waals surface area contributed by atoms with E-state index in [1.54, 1.807) is 16.9 Å². The highest BCUT2D eigenvalue weighted by molar-refractivity contribution is 5.75. The molecule has 0 amide bonds. The number of hydrogen-bond acceptors (Lipinski definition) is 2. The fourth-order valence-corrected chi connectivity index (χ4v) is 2.17. The van der Waals surface area contributed by atoms with Gasteiger partial charge in [0.25, 0.3) is 0 Å². The largest absolute Gasteiger partial charge is 0.481 e. The van der Waals surface area contributed by atoms with Gasteiger partial charge >= 0.3 is 5.97 Å². The molecule has 0 aliphatic carbocycles. The summed E-state index contributed by atoms with van der Waals surface area (Å²) in [5.74, 6) is -1.28. The molecule has 0 fully saturated rings. The summed E-state index contributed by atoms with van der Waals surface area (Å²) in [6.45, 7) is 2.06. The molecule has 100 valence electrons. The number of unbranched alkanes of at least 4 members (excludes halogenated alkanes) is 1. The maximum atomic E-state index is 11.4. The van der Waals surface area contributed by atoms with Gasteiger partial charge in [-0.3, -0.25) is 4.79 Å². The Labute approximate surface area is 112 Å². The number of aliphatic carboxylic acids is 1. The van der Waals surface area contributed by atoms with Crippen molar-refractivity contribution in [2.45, 2.75) is 32.1 Å². The molecule has 1 aromatic carbocycles. The lowest BCUT2D eigenvalue weighted by Crippen LogP contribution is -2.16. The third-order valence-electron chi connectivity index (χ3n) is 3.17. The number of carboxylic acid groups (broad SMARTS) is 1. The average Bonchev–Trinajstić information content (AvgIpc) is 2.89. The van der Waals surface area contributed by atoms with E-state index in [4.69, 9.17) is 0 Å². The Balaban J connectivity index is 2.34. The number of para-hydroxylation sites is 1. The van der Waals surface area contributed by atoms with Crippen LogP contribution in [-0.2, 0) is 4.79 Å². The van der Waals surface area contributed by atoms with Crippen LogP contribution in [0.1, 0.15) is 37.8 Å². The third-order valence-corrected chi connectivity index (χ3v) is 3.17. The van der Waals surface area contributed by atoms with Crippen molar-refractivity contribution >= 4 is 5.97 Å². The van der Waals surface area contributed by atoms with Gasteiger partial charge in [0.2, 0.25) is 0 Å². The first kappa shape index (κ1) is 13.3. The second kappa shape index (κ2) is 6.18. The zero-order valence-electron chi connectivity index (χ0n) is 11.0. The van der Waals surface area contributed by atoms with E-state index in [9.17, 15) is 9.90 Å². The number of aromatic nitrogens is 2. The standard InChI is InChI=1S/C15H18N2O2/c1-2-3-9-13(15(18)19)14-10-11-16-17(14)12-7-5-4-6-8-12/h4-8,10-11,13H,2-3,9H2,1H3,(H,18,19). The number of nitrogens with zero attached hydrogens (tertiary/aromatic N) is 2. The second-order valence-corrected chi connectivity index (χ2v) is 4.54. The smallest absolute Gasteiger partial charge is 0.312 e. The van der Waals surface area contributed by atoms with Gasteiger partial charge in [0.15, 0.2) is 0 Å². The van der Waals surface area contributed by atoms with E-state index in [0.717, 1.165) is 24.2 Å². The summed E-state index contributed by atoms with van der Waals surface area (Å²) in [5.41, 5.74) is 1.64. The lowest BCUT2D eigenvalue weighted by Gasteiger charge is -2.14. The number of benzene rings is 1. The monoisotopic (exact) mass is 258 g/mol. The molecule has 2 aromatic rings. The van der Waals surface area contributed by atoms with Crippen LogP contribution in [0, 0.1) is 0 Å². The van der Waals surface area contributed by atoms with E-state index in [-0.39, 0.29) is 0 Å². The minimum Gasteiger partial charge on any atom is -0.481 e. The number of carboxylic acids is 1. The predicted octanol–water partition coefficient (Wildman–Crippen LogP) is 3.23. The molecule has 2 rings (SSSR count). The van der Waals surface area contributed by atoms with Crippen molar-refractivity contribution in [1.29, 1.82) is 0 Å². The summed E-state index contributed by atoms with van der Waals surface area (Å²) in [4.78, 5) is 11.4. The molecule has 0 aliphatic rings. The molecule has 0 saturated carbocycles. The summed E-state index contributed by atoms with van der Waals surface area (Å²) in [5, 5.41) is 13.7. The highest BCUT2D eigenvalue weighted by Crippen LogP contribution is 2.24. The number of hydrogen-bond donors (Lipinski definition) is 1. The molecule has 1 heterocycles. The molecule has 0 aliphatic heterocycles. The van der Waals surface area contributed by atoms with Crippen molar-refractivity contribution in [2.24, 2.45) is 0 Å². The molecular formula is C15H18N2O2. The Morgan fingerprint density at radius 3 is 2.68 bits per heavy atom. The van der Waals surface area contributed by atoms with Crippen molar-refractivity contribution in [2.75, 3.05) is 0 Å². The van der Waals surface area contributed by atoms with Crippen molar-refractivity contribution in [3.05, 3.63) is 48.3 Å². The molecule has 4 heteroatoms. The van der Waals surface area contributed by atoms with Gasteiger partial charge in [-0.1, -0.05) is 38.0 Å². The zero-order valence-corrected chi connectivity index (χ0v) is 11.0. The van der Waals surface area contributed by atoms with Crippen LogP contribution in [0.4, 0.5) is 0 Å². The van der Waals surface area contributed by atoms with Gasteiger partial charge in [0.05, 0.1) is 17.3 Å². The quantitative estimate of drug-likeness (QED) is 0.865. The molecule has 1 aromatic heterocycles. The summed E-state index contributed by atoms with van der Waals surface area (Å²) in [6.07, 6.45) is 4.19. The predicted molar refractivity (Wildman–Crippen MR) is 73.5 cm³/mol. The third kappa shape index (κ3) is 3.02. The molecule has 1 N–H and O–H groups in total. The first-order valence-corrected chi connectivity index (χ1v) is 6.56. The molecule has 0 spiro atoms. The van der Waals surface area contributed by atoms with Crippen LogP contribution < -0.4 is 0 Å². The first-order chi connectivity index (χ1) is 9.24. The van der Waals surface area contributed by atoms with E-state index in [2.05, 4.69) is 12.0 Å². The van der Waals surface area contributed by atoms with E-state index in [1.807, 2.05) is 30.3 Å². The first-order valence-electron chi connectivity index (χ1n) is 6.56. The van der Waals surface area contributed by atoms with Gasteiger partial charge in [-0.25, -0.2) is 4.68 Å². The molecule has 0 radical (unpaired) electrons. The van der Waals surface area contributed by atoms with Crippen LogP contribution in [0.3, 0.4) is 0 Å². The van der Waals surface area contributed by atoms with Gasteiger partial charge in [0, 0.05) is 6.20 Å². The number of carbonyl (C=O) groups is 1. The van der Waals surface area contributed by atoms with Crippen LogP contribution in [-0.4, -0.2) is 20.9 Å². The van der Waals surface area contributed by atoms with Gasteiger partial charge in [-0.05, 0) is 24.6 Å². The van der Waals surface area contributed by atoms with Gasteiger partial charge in [0.1, 0.15) is 0 Å². The maximum absolute atomic E-state index is 11.4. The highest BCUT2D eigenvalue weighted by atomic mass is 16.4. The molecule has 0 bridgehead atoms. The van der Waals surface area contributed by atoms with Crippen LogP contribution in [0.15, 0.2) is 42.6 Å². The topological polar surface area (TPSA) is 55.1 Å². The Bertz CT molecular complexity index is 534. The van der Waals surface area contributed by atoms with E-state index in [0.29, 0.717) is 6.42 Å². The normalized spacial score (nSPS) is 12.3. The Hall–Kier alpha value is -2.10. The molecule has 1 unspecified atom stereocenters. The van der Waals surface area contributed by atoms with E-state index < -0.39 is 11.9 Å². The lowest BCUT2D eigenvalue weighted by atomic mass is 9.98. The van der Waals surface area contributed by atoms with Gasteiger partial charge in [-0.2, -0.15) is 5.10 Å². The van der Waals surface area contributed by atoms with Crippen LogP contribution in [0.5, 0.6) is 0 Å². The molecule has 0 saturated heterocycles. The summed E-state index contributed by atoms with van der Waals surface area (Å²) >= 11 is 0. The van der Waals surface area contributed by atoms with E-state index >= 15 is 0 Å². The molecule has 4 nitrogen and oxygen atoms in total. The Morgan fingerprint density at radius 1 is 1.32 bits per heavy atom. The second-order valence-electron chi connectivity index (χ2n) is 4.54. The van der Waals surface area contributed by atoms with Crippen molar-refractivity contribution in [3.63, 3.8) is 0 Å². The molecule has 1 atom stereocenters. The Morgan fingerprint density at radius 2 is 2.05 bits per heavy atom. The SMILES string of the molecule is CCCCC(C(=O)O)c1ccnn1-c1ccccc1. The minimum absolute atomic E-state index is 0.498. The Kier molecular flexibility index (Phi) is 4.34. The molecular weight excluding hydrogens is 240 g/mol. The van der Waals surface area contributed by atoms with E-state index in [1.165, 1.54) is 0 Å². The minimum atomic E-state index is -0.786. The van der Waals surface area contributed by atoms with Crippen molar-refractivity contribution in [3.8, 4) is 5.69 Å².